The summed E-state index contributed by atoms with van der Waals surface area (Å²) in [4.78, 5) is 2.78. The number of nitrogens with zero attached hydrogens (tertiary/aromatic N) is 1. The first-order valence-electron chi connectivity index (χ1n) is 8.82. The zero-order chi connectivity index (χ0) is 14.3. The van der Waals surface area contributed by atoms with Gasteiger partial charge in [0.25, 0.3) is 0 Å². The summed E-state index contributed by atoms with van der Waals surface area (Å²) < 4.78 is 0. The van der Waals surface area contributed by atoms with Crippen LogP contribution in [0.3, 0.4) is 0 Å². The molecule has 0 aromatic heterocycles. The van der Waals surface area contributed by atoms with Gasteiger partial charge < -0.3 is 10.6 Å². The Kier molecular flexibility index (Phi) is 3.45. The fraction of sp³-hybridized carbons (Fsp3) is 0.684. The molecular formula is C19H28N2. The van der Waals surface area contributed by atoms with Gasteiger partial charge in [0.2, 0.25) is 0 Å². The molecule has 114 valence electrons. The Morgan fingerprint density at radius 2 is 1.76 bits per heavy atom. The van der Waals surface area contributed by atoms with Gasteiger partial charge in [0.15, 0.2) is 0 Å². The minimum Gasteiger partial charge on any atom is -0.399 e. The maximum Gasteiger partial charge on any atom is 0.0314 e. The van der Waals surface area contributed by atoms with Crippen molar-refractivity contribution >= 4 is 5.69 Å². The Hall–Kier alpha value is -1.02. The first-order chi connectivity index (χ1) is 10.2. The Balaban J connectivity index is 1.44. The third kappa shape index (κ3) is 2.59. The molecule has 1 aromatic rings. The lowest BCUT2D eigenvalue weighted by Gasteiger charge is -2.57. The second-order valence-corrected chi connectivity index (χ2v) is 7.87. The van der Waals surface area contributed by atoms with Gasteiger partial charge in [0, 0.05) is 30.7 Å². The molecule has 4 fully saturated rings. The van der Waals surface area contributed by atoms with Crippen LogP contribution >= 0.6 is 0 Å². The van der Waals surface area contributed by atoms with E-state index in [4.69, 9.17) is 5.73 Å². The summed E-state index contributed by atoms with van der Waals surface area (Å²) in [6, 6.07) is 8.71. The molecular weight excluding hydrogens is 256 g/mol. The van der Waals surface area contributed by atoms with Crippen LogP contribution in [0.15, 0.2) is 24.3 Å². The molecule has 2 N–H and O–H groups in total. The highest BCUT2D eigenvalue weighted by molar-refractivity contribution is 5.43. The van der Waals surface area contributed by atoms with Crippen molar-refractivity contribution in [2.24, 2.45) is 11.8 Å². The topological polar surface area (TPSA) is 29.3 Å². The van der Waals surface area contributed by atoms with E-state index in [9.17, 15) is 0 Å². The van der Waals surface area contributed by atoms with E-state index in [-0.39, 0.29) is 0 Å². The van der Waals surface area contributed by atoms with Crippen molar-refractivity contribution in [2.75, 3.05) is 25.4 Å². The van der Waals surface area contributed by atoms with E-state index in [1.807, 2.05) is 0 Å². The van der Waals surface area contributed by atoms with Gasteiger partial charge in [0.1, 0.15) is 0 Å². The van der Waals surface area contributed by atoms with Gasteiger partial charge in [0.05, 0.1) is 0 Å². The van der Waals surface area contributed by atoms with Crippen molar-refractivity contribution in [3.8, 4) is 0 Å². The van der Waals surface area contributed by atoms with Crippen molar-refractivity contribution in [1.82, 2.24) is 4.90 Å². The number of piperidine rings is 2. The number of fused-ring (bicyclic) bond motifs is 2. The first-order valence-corrected chi connectivity index (χ1v) is 8.82. The number of hydrogen-bond acceptors (Lipinski definition) is 2. The molecule has 5 rings (SSSR count). The van der Waals surface area contributed by atoms with Gasteiger partial charge in [-0.25, -0.2) is 0 Å². The molecule has 4 aliphatic rings. The quantitative estimate of drug-likeness (QED) is 0.855. The van der Waals surface area contributed by atoms with E-state index in [1.54, 1.807) is 0 Å². The number of anilines is 1. The standard InChI is InChI=1S/C19H28N2/c20-18-8-6-17(7-9-18)19-10-16(11-19)13-21(14-19)12-15-4-2-1-3-5-15/h6-9,15-16H,1-5,10-14,20H2. The zero-order valence-electron chi connectivity index (χ0n) is 13.1. The maximum absolute atomic E-state index is 5.85. The van der Waals surface area contributed by atoms with Crippen molar-refractivity contribution in [2.45, 2.75) is 50.4 Å². The third-order valence-electron chi connectivity index (χ3n) is 6.17. The van der Waals surface area contributed by atoms with Crippen molar-refractivity contribution < 1.29 is 0 Å². The Bertz CT molecular complexity index is 481. The molecule has 0 radical (unpaired) electrons. The number of rotatable bonds is 3. The number of hydrogen-bond donors (Lipinski definition) is 1. The van der Waals surface area contributed by atoms with E-state index in [1.165, 1.54) is 70.1 Å². The van der Waals surface area contributed by atoms with Gasteiger partial charge in [-0.15, -0.1) is 0 Å². The Morgan fingerprint density at radius 1 is 1.05 bits per heavy atom. The first kappa shape index (κ1) is 13.6. The van der Waals surface area contributed by atoms with Crippen LogP contribution in [0.1, 0.15) is 50.5 Å². The number of nitrogen functional groups attached to an aromatic ring is 1. The maximum atomic E-state index is 5.85. The summed E-state index contributed by atoms with van der Waals surface area (Å²) in [7, 11) is 0. The number of nitrogens with two attached hydrogens (primary N) is 1. The summed E-state index contributed by atoms with van der Waals surface area (Å²) in [5.41, 5.74) is 8.72. The minimum atomic E-state index is 0.450. The highest BCUT2D eigenvalue weighted by atomic mass is 15.2. The number of benzene rings is 1. The molecule has 2 nitrogen and oxygen atoms in total. The van der Waals surface area contributed by atoms with E-state index in [0.29, 0.717) is 5.41 Å². The largest absolute Gasteiger partial charge is 0.399 e. The van der Waals surface area contributed by atoms with E-state index >= 15 is 0 Å². The molecule has 21 heavy (non-hydrogen) atoms. The molecule has 2 saturated carbocycles. The van der Waals surface area contributed by atoms with Crippen LogP contribution in [0.4, 0.5) is 5.69 Å². The smallest absolute Gasteiger partial charge is 0.0314 e. The molecule has 2 heteroatoms. The lowest BCUT2D eigenvalue weighted by atomic mass is 9.55. The average molecular weight is 284 g/mol. The molecule has 2 heterocycles. The highest BCUT2D eigenvalue weighted by Crippen LogP contribution is 2.52. The SMILES string of the molecule is Nc1ccc(C23CC(CN(CC4CCCCC4)C2)C3)cc1. The average Bonchev–Trinajstić information content (AvgIpc) is 2.48. The summed E-state index contributed by atoms with van der Waals surface area (Å²) in [6.45, 7) is 3.99. The van der Waals surface area contributed by atoms with Gasteiger partial charge in [-0.3, -0.25) is 0 Å². The lowest BCUT2D eigenvalue weighted by Crippen LogP contribution is -2.59. The molecule has 2 saturated heterocycles. The van der Waals surface area contributed by atoms with Crippen molar-refractivity contribution in [3.63, 3.8) is 0 Å². The fourth-order valence-corrected chi connectivity index (χ4v) is 5.20. The predicted molar refractivity (Wildman–Crippen MR) is 88.3 cm³/mol. The molecule has 0 atom stereocenters. The Morgan fingerprint density at radius 3 is 2.48 bits per heavy atom. The van der Waals surface area contributed by atoms with E-state index < -0.39 is 0 Å². The van der Waals surface area contributed by atoms with Crippen LogP contribution in [0, 0.1) is 11.8 Å². The third-order valence-corrected chi connectivity index (χ3v) is 6.17. The molecule has 2 aliphatic carbocycles. The second-order valence-electron chi connectivity index (χ2n) is 7.87. The van der Waals surface area contributed by atoms with Crippen molar-refractivity contribution in [3.05, 3.63) is 29.8 Å². The monoisotopic (exact) mass is 284 g/mol. The van der Waals surface area contributed by atoms with E-state index in [0.717, 1.165) is 17.5 Å². The van der Waals surface area contributed by atoms with Crippen LogP contribution < -0.4 is 5.73 Å². The van der Waals surface area contributed by atoms with Crippen LogP contribution in [0.2, 0.25) is 0 Å². The summed E-state index contributed by atoms with van der Waals surface area (Å²) in [5.74, 6) is 1.92. The van der Waals surface area contributed by atoms with Gasteiger partial charge in [-0.05, 0) is 55.2 Å². The predicted octanol–water partition coefficient (Wildman–Crippen LogP) is 3.81. The summed E-state index contributed by atoms with van der Waals surface area (Å²) >= 11 is 0. The van der Waals surface area contributed by atoms with Crippen LogP contribution in [0.25, 0.3) is 0 Å². The molecule has 0 amide bonds. The summed E-state index contributed by atoms with van der Waals surface area (Å²) in [6.07, 6.45) is 10.1. The van der Waals surface area contributed by atoms with Gasteiger partial charge in [-0.2, -0.15) is 0 Å². The van der Waals surface area contributed by atoms with Crippen molar-refractivity contribution in [1.29, 1.82) is 0 Å². The van der Waals surface area contributed by atoms with Gasteiger partial charge >= 0.3 is 0 Å². The molecule has 2 bridgehead atoms. The van der Waals surface area contributed by atoms with E-state index in [2.05, 4.69) is 29.2 Å². The van der Waals surface area contributed by atoms with Crippen LogP contribution in [-0.2, 0) is 5.41 Å². The minimum absolute atomic E-state index is 0.450. The molecule has 2 aliphatic heterocycles. The Labute approximate surface area is 128 Å². The normalized spacial score (nSPS) is 33.6. The molecule has 0 spiro atoms. The molecule has 0 unspecified atom stereocenters. The zero-order valence-corrected chi connectivity index (χ0v) is 13.1. The lowest BCUT2D eigenvalue weighted by molar-refractivity contribution is -0.0133. The van der Waals surface area contributed by atoms with Gasteiger partial charge in [-0.1, -0.05) is 31.4 Å². The van der Waals surface area contributed by atoms with Crippen LogP contribution in [0.5, 0.6) is 0 Å². The molecule has 1 aromatic carbocycles. The van der Waals surface area contributed by atoms with Crippen LogP contribution in [-0.4, -0.2) is 24.5 Å². The fourth-order valence-electron chi connectivity index (χ4n) is 5.20. The second kappa shape index (κ2) is 5.31. The highest BCUT2D eigenvalue weighted by Gasteiger charge is 2.50. The summed E-state index contributed by atoms with van der Waals surface area (Å²) in [5, 5.41) is 0.